The van der Waals surface area contributed by atoms with Crippen molar-refractivity contribution < 1.29 is 19.1 Å². The van der Waals surface area contributed by atoms with Gasteiger partial charge in [0.1, 0.15) is 11.5 Å². The second-order valence-corrected chi connectivity index (χ2v) is 7.46. The number of hydrogen-bond donors (Lipinski definition) is 2. The molecule has 0 aliphatic rings. The van der Waals surface area contributed by atoms with Gasteiger partial charge in [0.2, 0.25) is 0 Å². The van der Waals surface area contributed by atoms with Gasteiger partial charge in [0.05, 0.1) is 23.4 Å². The van der Waals surface area contributed by atoms with E-state index in [0.717, 1.165) is 4.47 Å². The van der Waals surface area contributed by atoms with Gasteiger partial charge in [0.15, 0.2) is 6.61 Å². The second-order valence-electron chi connectivity index (χ2n) is 6.14. The summed E-state index contributed by atoms with van der Waals surface area (Å²) in [5, 5.41) is 5.84. The standard InChI is InChI=1S/C22H18BrClN2O4/c1-29-20-12-15(25-21(27)13-30-16-9-6-14(23)7-10-16)8-11-19(20)26-22(28)17-4-2-3-5-18(17)24/h2-12H,13H2,1H3,(H,25,27)(H,26,28). The number of anilines is 2. The van der Waals surface area contributed by atoms with Crippen molar-refractivity contribution in [2.24, 2.45) is 0 Å². The molecule has 3 aromatic rings. The van der Waals surface area contributed by atoms with Crippen LogP contribution in [-0.4, -0.2) is 25.5 Å². The number of hydrogen-bond acceptors (Lipinski definition) is 4. The molecular formula is C22H18BrClN2O4. The number of carbonyl (C=O) groups is 2. The van der Waals surface area contributed by atoms with Crippen LogP contribution in [0.25, 0.3) is 0 Å². The Hall–Kier alpha value is -3.03. The molecule has 2 N–H and O–H groups in total. The number of carbonyl (C=O) groups excluding carboxylic acids is 2. The number of rotatable bonds is 7. The molecule has 0 bridgehead atoms. The first kappa shape index (κ1) is 21.7. The van der Waals surface area contributed by atoms with Crippen molar-refractivity contribution in [2.45, 2.75) is 0 Å². The highest BCUT2D eigenvalue weighted by Crippen LogP contribution is 2.29. The van der Waals surface area contributed by atoms with Crippen LogP contribution < -0.4 is 20.1 Å². The lowest BCUT2D eigenvalue weighted by Crippen LogP contribution is -2.20. The first-order valence-electron chi connectivity index (χ1n) is 8.88. The number of methoxy groups -OCH3 is 1. The summed E-state index contributed by atoms with van der Waals surface area (Å²) in [6, 6.07) is 18.8. The van der Waals surface area contributed by atoms with Crippen molar-refractivity contribution >= 4 is 50.7 Å². The lowest BCUT2D eigenvalue weighted by molar-refractivity contribution is -0.118. The molecule has 2 amide bonds. The summed E-state index contributed by atoms with van der Waals surface area (Å²) in [5.41, 5.74) is 1.31. The van der Waals surface area contributed by atoms with Gasteiger partial charge in [-0.25, -0.2) is 0 Å². The van der Waals surface area contributed by atoms with E-state index in [-0.39, 0.29) is 18.4 Å². The van der Waals surface area contributed by atoms with Crippen molar-refractivity contribution in [3.05, 3.63) is 81.8 Å². The van der Waals surface area contributed by atoms with Crippen LogP contribution in [-0.2, 0) is 4.79 Å². The molecule has 30 heavy (non-hydrogen) atoms. The summed E-state index contributed by atoms with van der Waals surface area (Å²) in [5.74, 6) is 0.289. The predicted octanol–water partition coefficient (Wildman–Crippen LogP) is 5.38. The molecule has 0 unspecified atom stereocenters. The Balaban J connectivity index is 1.63. The molecule has 0 aliphatic carbocycles. The van der Waals surface area contributed by atoms with Gasteiger partial charge in [-0.1, -0.05) is 39.7 Å². The monoisotopic (exact) mass is 488 g/mol. The number of amides is 2. The first-order valence-corrected chi connectivity index (χ1v) is 10.1. The summed E-state index contributed by atoms with van der Waals surface area (Å²) in [6.07, 6.45) is 0. The van der Waals surface area contributed by atoms with E-state index < -0.39 is 0 Å². The third kappa shape index (κ3) is 5.75. The number of nitrogens with one attached hydrogen (secondary N) is 2. The fourth-order valence-corrected chi connectivity index (χ4v) is 3.07. The van der Waals surface area contributed by atoms with Gasteiger partial charge in [-0.15, -0.1) is 0 Å². The molecule has 0 aromatic heterocycles. The molecule has 0 saturated heterocycles. The summed E-state index contributed by atoms with van der Waals surface area (Å²) >= 11 is 9.41. The minimum absolute atomic E-state index is 0.144. The Bertz CT molecular complexity index is 1060. The minimum atomic E-state index is -0.362. The van der Waals surface area contributed by atoms with Crippen LogP contribution in [0, 0.1) is 0 Å². The molecule has 3 aromatic carbocycles. The average Bonchev–Trinajstić information content (AvgIpc) is 2.74. The zero-order valence-corrected chi connectivity index (χ0v) is 18.3. The van der Waals surface area contributed by atoms with E-state index in [2.05, 4.69) is 26.6 Å². The van der Waals surface area contributed by atoms with Crippen LogP contribution in [0.3, 0.4) is 0 Å². The molecule has 3 rings (SSSR count). The summed E-state index contributed by atoms with van der Waals surface area (Å²) in [6.45, 7) is -0.144. The molecule has 8 heteroatoms. The van der Waals surface area contributed by atoms with Crippen LogP contribution in [0.4, 0.5) is 11.4 Å². The SMILES string of the molecule is COc1cc(NC(=O)COc2ccc(Br)cc2)ccc1NC(=O)c1ccccc1Cl. The van der Waals surface area contributed by atoms with E-state index in [9.17, 15) is 9.59 Å². The normalized spacial score (nSPS) is 10.2. The van der Waals surface area contributed by atoms with Crippen molar-refractivity contribution in [3.63, 3.8) is 0 Å². The highest BCUT2D eigenvalue weighted by atomic mass is 79.9. The van der Waals surface area contributed by atoms with Crippen LogP contribution in [0.1, 0.15) is 10.4 Å². The third-order valence-corrected chi connectivity index (χ3v) is 4.89. The fourth-order valence-electron chi connectivity index (χ4n) is 2.58. The summed E-state index contributed by atoms with van der Waals surface area (Å²) in [4.78, 5) is 24.6. The quantitative estimate of drug-likeness (QED) is 0.467. The average molecular weight is 490 g/mol. The largest absolute Gasteiger partial charge is 0.494 e. The molecule has 154 valence electrons. The Morgan fingerprint density at radius 3 is 2.43 bits per heavy atom. The fraction of sp³-hybridized carbons (Fsp3) is 0.0909. The van der Waals surface area contributed by atoms with Gasteiger partial charge in [0, 0.05) is 16.2 Å². The van der Waals surface area contributed by atoms with Crippen molar-refractivity contribution in [3.8, 4) is 11.5 Å². The van der Waals surface area contributed by atoms with Crippen LogP contribution in [0.5, 0.6) is 11.5 Å². The highest BCUT2D eigenvalue weighted by molar-refractivity contribution is 9.10. The third-order valence-electron chi connectivity index (χ3n) is 4.04. The second kappa shape index (κ2) is 10.1. The van der Waals surface area contributed by atoms with Crippen LogP contribution >= 0.6 is 27.5 Å². The van der Waals surface area contributed by atoms with Gasteiger partial charge in [-0.05, 0) is 48.5 Å². The van der Waals surface area contributed by atoms with Crippen LogP contribution in [0.2, 0.25) is 5.02 Å². The molecule has 6 nitrogen and oxygen atoms in total. The summed E-state index contributed by atoms with van der Waals surface area (Å²) in [7, 11) is 1.47. The topological polar surface area (TPSA) is 76.7 Å². The smallest absolute Gasteiger partial charge is 0.262 e. The van der Waals surface area contributed by atoms with Crippen LogP contribution in [0.15, 0.2) is 71.2 Å². The van der Waals surface area contributed by atoms with E-state index in [1.807, 2.05) is 12.1 Å². The molecule has 0 spiro atoms. The molecule has 0 saturated carbocycles. The molecule has 0 radical (unpaired) electrons. The zero-order chi connectivity index (χ0) is 21.5. The molecular weight excluding hydrogens is 472 g/mol. The Labute approximate surface area is 187 Å². The van der Waals surface area contributed by atoms with Gasteiger partial charge in [-0.3, -0.25) is 9.59 Å². The van der Waals surface area contributed by atoms with E-state index in [1.165, 1.54) is 7.11 Å². The zero-order valence-electron chi connectivity index (χ0n) is 15.9. The maximum Gasteiger partial charge on any atom is 0.262 e. The maximum atomic E-state index is 12.5. The van der Waals surface area contributed by atoms with Gasteiger partial charge >= 0.3 is 0 Å². The molecule has 0 fully saturated rings. The Morgan fingerprint density at radius 2 is 1.73 bits per heavy atom. The maximum absolute atomic E-state index is 12.5. The molecule has 0 atom stereocenters. The van der Waals surface area contributed by atoms with E-state index in [0.29, 0.717) is 33.5 Å². The van der Waals surface area contributed by atoms with Gasteiger partial charge in [-0.2, -0.15) is 0 Å². The highest BCUT2D eigenvalue weighted by Gasteiger charge is 2.14. The summed E-state index contributed by atoms with van der Waals surface area (Å²) < 4.78 is 11.7. The predicted molar refractivity (Wildman–Crippen MR) is 121 cm³/mol. The lowest BCUT2D eigenvalue weighted by Gasteiger charge is -2.13. The number of halogens is 2. The van der Waals surface area contributed by atoms with Gasteiger partial charge < -0.3 is 20.1 Å². The van der Waals surface area contributed by atoms with E-state index in [4.69, 9.17) is 21.1 Å². The Morgan fingerprint density at radius 1 is 1.00 bits per heavy atom. The first-order chi connectivity index (χ1) is 14.5. The van der Waals surface area contributed by atoms with Gasteiger partial charge in [0.25, 0.3) is 11.8 Å². The molecule has 0 heterocycles. The Kier molecular flexibility index (Phi) is 7.32. The lowest BCUT2D eigenvalue weighted by atomic mass is 10.2. The molecule has 0 aliphatic heterocycles. The number of ether oxygens (including phenoxy) is 2. The van der Waals surface area contributed by atoms with Crippen molar-refractivity contribution in [1.29, 1.82) is 0 Å². The van der Waals surface area contributed by atoms with Crippen molar-refractivity contribution in [2.75, 3.05) is 24.4 Å². The van der Waals surface area contributed by atoms with E-state index >= 15 is 0 Å². The number of benzene rings is 3. The minimum Gasteiger partial charge on any atom is -0.494 e. The van der Waals surface area contributed by atoms with E-state index in [1.54, 1.807) is 54.6 Å². The van der Waals surface area contributed by atoms with Crippen molar-refractivity contribution in [1.82, 2.24) is 0 Å².